The Morgan fingerprint density at radius 1 is 0.829 bits per heavy atom. The van der Waals surface area contributed by atoms with Crippen molar-refractivity contribution in [3.63, 3.8) is 0 Å². The summed E-state index contributed by atoms with van der Waals surface area (Å²) in [4.78, 5) is 12.3. The second-order valence-electron chi connectivity index (χ2n) is 9.78. The van der Waals surface area contributed by atoms with Crippen LogP contribution in [0, 0.1) is 0 Å². The number of carbonyl (C=O) groups excluding carboxylic acids is 1. The van der Waals surface area contributed by atoms with Gasteiger partial charge in [0.05, 0.1) is 40.1 Å². The maximum absolute atomic E-state index is 12.3. The fourth-order valence-electron chi connectivity index (χ4n) is 4.68. The van der Waals surface area contributed by atoms with E-state index in [9.17, 15) is 4.79 Å². The van der Waals surface area contributed by atoms with Gasteiger partial charge in [-0.2, -0.15) is 0 Å². The minimum Gasteiger partial charge on any atom is -0.497 e. The Morgan fingerprint density at radius 2 is 1.41 bits per heavy atom. The molecule has 5 atom stereocenters. The Labute approximate surface area is 242 Å². The molecule has 1 N–H and O–H groups in total. The highest BCUT2D eigenvalue weighted by Gasteiger charge is 2.48. The van der Waals surface area contributed by atoms with E-state index in [4.69, 9.17) is 28.4 Å². The summed E-state index contributed by atoms with van der Waals surface area (Å²) >= 11 is 0. The van der Waals surface area contributed by atoms with Gasteiger partial charge in [0.1, 0.15) is 30.1 Å². The second kappa shape index (κ2) is 16.0. The van der Waals surface area contributed by atoms with E-state index in [1.54, 1.807) is 13.2 Å². The number of hydrogen-bond donors (Lipinski definition) is 1. The molecular formula is C33H39NO7. The van der Waals surface area contributed by atoms with E-state index in [-0.39, 0.29) is 25.7 Å². The summed E-state index contributed by atoms with van der Waals surface area (Å²) in [5, 5.41) is 2.99. The smallest absolute Gasteiger partial charge is 0.217 e. The summed E-state index contributed by atoms with van der Waals surface area (Å²) in [5.74, 6) is 0.526. The average molecular weight is 562 g/mol. The molecule has 218 valence electrons. The predicted molar refractivity (Wildman–Crippen MR) is 155 cm³/mol. The van der Waals surface area contributed by atoms with Crippen LogP contribution in [0.3, 0.4) is 0 Å². The first-order valence-corrected chi connectivity index (χ1v) is 13.7. The molecule has 1 aliphatic heterocycles. The normalized spacial score (nSPS) is 22.1. The van der Waals surface area contributed by atoms with Gasteiger partial charge in [-0.3, -0.25) is 4.79 Å². The number of carbonyl (C=O) groups is 1. The number of nitrogens with one attached hydrogen (secondary N) is 1. The van der Waals surface area contributed by atoms with Crippen LogP contribution in [0.1, 0.15) is 23.6 Å². The molecule has 1 aliphatic rings. The fourth-order valence-corrected chi connectivity index (χ4v) is 4.68. The number of amides is 1. The molecule has 0 unspecified atom stereocenters. The topological polar surface area (TPSA) is 84.5 Å². The van der Waals surface area contributed by atoms with Crippen molar-refractivity contribution >= 4 is 5.91 Å². The molecule has 8 nitrogen and oxygen atoms in total. The largest absolute Gasteiger partial charge is 0.497 e. The van der Waals surface area contributed by atoms with Crippen molar-refractivity contribution in [2.45, 2.75) is 57.4 Å². The summed E-state index contributed by atoms with van der Waals surface area (Å²) in [5.41, 5.74) is 3.00. The molecule has 1 fully saturated rings. The van der Waals surface area contributed by atoms with Crippen molar-refractivity contribution in [2.24, 2.45) is 0 Å². The Balaban J connectivity index is 1.60. The molecule has 3 aromatic carbocycles. The first kappa shape index (κ1) is 30.4. The molecule has 1 saturated heterocycles. The first-order valence-electron chi connectivity index (χ1n) is 13.7. The number of benzene rings is 3. The summed E-state index contributed by atoms with van der Waals surface area (Å²) in [6.07, 6.45) is -0.897. The fraction of sp³-hybridized carbons (Fsp3) is 0.364. The predicted octanol–water partition coefficient (Wildman–Crippen LogP) is 4.81. The third kappa shape index (κ3) is 9.24. The van der Waals surface area contributed by atoms with Crippen LogP contribution in [0.2, 0.25) is 0 Å². The molecule has 4 rings (SSSR count). The lowest BCUT2D eigenvalue weighted by Crippen LogP contribution is -2.66. The van der Waals surface area contributed by atoms with Gasteiger partial charge in [-0.25, -0.2) is 0 Å². The van der Waals surface area contributed by atoms with Crippen LogP contribution < -0.4 is 10.1 Å². The Kier molecular flexibility index (Phi) is 11.9. The van der Waals surface area contributed by atoms with Gasteiger partial charge in [-0.1, -0.05) is 78.9 Å². The van der Waals surface area contributed by atoms with Gasteiger partial charge in [-0.05, 0) is 28.8 Å². The van der Waals surface area contributed by atoms with Crippen molar-refractivity contribution in [3.8, 4) is 5.75 Å². The number of hydrogen-bond acceptors (Lipinski definition) is 7. The third-order valence-corrected chi connectivity index (χ3v) is 6.68. The highest BCUT2D eigenvalue weighted by atomic mass is 16.7. The van der Waals surface area contributed by atoms with Crippen LogP contribution in [0.15, 0.2) is 97.6 Å². The van der Waals surface area contributed by atoms with Gasteiger partial charge in [0.25, 0.3) is 0 Å². The summed E-state index contributed by atoms with van der Waals surface area (Å²) in [6, 6.07) is 26.8. The molecule has 0 radical (unpaired) electrons. The lowest BCUT2D eigenvalue weighted by Gasteiger charge is -2.46. The highest BCUT2D eigenvalue weighted by Crippen LogP contribution is 2.29. The van der Waals surface area contributed by atoms with E-state index < -0.39 is 30.6 Å². The van der Waals surface area contributed by atoms with Gasteiger partial charge < -0.3 is 33.7 Å². The molecule has 0 spiro atoms. The maximum Gasteiger partial charge on any atom is 0.217 e. The molecule has 0 saturated carbocycles. The molecular weight excluding hydrogens is 522 g/mol. The SMILES string of the molecule is C=CCO[C@H]1O[C@H](COCc2ccccc2)[C@H](OCc2ccccc2)[C@H](OCc2ccc(OC)cc2)[C@H]1NC(C)=O. The van der Waals surface area contributed by atoms with Crippen LogP contribution in [-0.4, -0.2) is 56.9 Å². The first-order chi connectivity index (χ1) is 20.1. The van der Waals surface area contributed by atoms with E-state index in [0.717, 1.165) is 22.4 Å². The summed E-state index contributed by atoms with van der Waals surface area (Å²) in [6.45, 7) is 6.71. The van der Waals surface area contributed by atoms with Crippen LogP contribution in [0.25, 0.3) is 0 Å². The van der Waals surface area contributed by atoms with Gasteiger partial charge in [0.15, 0.2) is 6.29 Å². The summed E-state index contributed by atoms with van der Waals surface area (Å²) in [7, 11) is 1.63. The monoisotopic (exact) mass is 561 g/mol. The Morgan fingerprint density at radius 3 is 2.00 bits per heavy atom. The van der Waals surface area contributed by atoms with Gasteiger partial charge in [0.2, 0.25) is 5.91 Å². The molecule has 1 heterocycles. The molecule has 0 aliphatic carbocycles. The third-order valence-electron chi connectivity index (χ3n) is 6.68. The molecule has 0 aromatic heterocycles. The van der Waals surface area contributed by atoms with Crippen molar-refractivity contribution in [2.75, 3.05) is 20.3 Å². The lowest BCUT2D eigenvalue weighted by atomic mass is 9.95. The molecule has 3 aromatic rings. The van der Waals surface area contributed by atoms with E-state index in [1.165, 1.54) is 6.92 Å². The zero-order chi connectivity index (χ0) is 28.9. The van der Waals surface area contributed by atoms with Crippen molar-refractivity contribution in [1.29, 1.82) is 0 Å². The van der Waals surface area contributed by atoms with Gasteiger partial charge >= 0.3 is 0 Å². The molecule has 8 heteroatoms. The second-order valence-corrected chi connectivity index (χ2v) is 9.78. The minimum atomic E-state index is -0.806. The van der Waals surface area contributed by atoms with Crippen molar-refractivity contribution in [3.05, 3.63) is 114 Å². The van der Waals surface area contributed by atoms with Crippen LogP contribution in [0.5, 0.6) is 5.75 Å². The average Bonchev–Trinajstić information content (AvgIpc) is 3.00. The molecule has 0 bridgehead atoms. The highest BCUT2D eigenvalue weighted by molar-refractivity contribution is 5.73. The number of methoxy groups -OCH3 is 1. The van der Waals surface area contributed by atoms with Crippen LogP contribution >= 0.6 is 0 Å². The van der Waals surface area contributed by atoms with Gasteiger partial charge in [0, 0.05) is 6.92 Å². The Hall–Kier alpha value is -3.53. The van der Waals surface area contributed by atoms with Gasteiger partial charge in [-0.15, -0.1) is 6.58 Å². The zero-order valence-corrected chi connectivity index (χ0v) is 23.6. The number of ether oxygens (including phenoxy) is 6. The van der Waals surface area contributed by atoms with E-state index in [2.05, 4.69) is 11.9 Å². The standard InChI is InChI=1S/C33H39NO7/c1-4-19-38-33-30(34-24(2)35)32(40-22-27-15-17-28(36-3)18-16-27)31(39-21-26-13-9-6-10-14-26)29(41-33)23-37-20-25-11-7-5-8-12-25/h4-18,29-33H,1,19-23H2,2-3H3,(H,34,35)/t29-,30-,31+,32-,33+/m1/s1. The molecule has 41 heavy (non-hydrogen) atoms. The van der Waals surface area contributed by atoms with Crippen molar-refractivity contribution < 1.29 is 33.2 Å². The van der Waals surface area contributed by atoms with Crippen LogP contribution in [-0.2, 0) is 48.3 Å². The maximum atomic E-state index is 12.3. The molecule has 1 amide bonds. The van der Waals surface area contributed by atoms with Crippen LogP contribution in [0.4, 0.5) is 0 Å². The summed E-state index contributed by atoms with van der Waals surface area (Å²) < 4.78 is 36.9. The van der Waals surface area contributed by atoms with E-state index >= 15 is 0 Å². The quantitative estimate of drug-likeness (QED) is 0.267. The Bertz CT molecular complexity index is 1190. The van der Waals surface area contributed by atoms with Crippen molar-refractivity contribution in [1.82, 2.24) is 5.32 Å². The zero-order valence-electron chi connectivity index (χ0n) is 23.6. The van der Waals surface area contributed by atoms with E-state index in [0.29, 0.717) is 13.2 Å². The minimum absolute atomic E-state index is 0.232. The number of rotatable bonds is 15. The van der Waals surface area contributed by atoms with E-state index in [1.807, 2.05) is 84.9 Å². The lowest BCUT2D eigenvalue weighted by molar-refractivity contribution is -0.288.